The summed E-state index contributed by atoms with van der Waals surface area (Å²) in [4.78, 5) is 128. The lowest BCUT2D eigenvalue weighted by atomic mass is 10.0. The highest BCUT2D eigenvalue weighted by molar-refractivity contribution is 5.79. The van der Waals surface area contributed by atoms with E-state index in [1.807, 2.05) is 91.0 Å². The number of rotatable bonds is 60. The molecule has 0 aliphatic carbocycles. The molecule has 4 rings (SSSR count). The van der Waals surface area contributed by atoms with Gasteiger partial charge in [-0.3, -0.25) is 57.9 Å². The first kappa shape index (κ1) is 99.5. The molecule has 33 heteroatoms. The third-order valence-corrected chi connectivity index (χ3v) is 18.4. The highest BCUT2D eigenvalue weighted by Crippen LogP contribution is 2.16. The molecule has 642 valence electrons. The molecule has 4 aromatic carbocycles. The van der Waals surface area contributed by atoms with E-state index in [9.17, 15) is 43.2 Å². The molecule has 9 amide bonds. The summed E-state index contributed by atoms with van der Waals surface area (Å²) in [5.41, 5.74) is 58.0. The van der Waals surface area contributed by atoms with Gasteiger partial charge in [-0.1, -0.05) is 71.9 Å². The minimum Gasteiger partial charge on any atom is -0.355 e. The van der Waals surface area contributed by atoms with Crippen LogP contribution < -0.4 is 99.5 Å². The number of hydrogen-bond donors (Lipinski definition) is 18. The number of nitrogens with two attached hydrogens (primary N) is 9. The van der Waals surface area contributed by atoms with E-state index in [4.69, 9.17) is 51.6 Å². The average Bonchev–Trinajstić information content (AvgIpc) is 0.849. The minimum absolute atomic E-state index is 0.125. The predicted molar refractivity (Wildman–Crippen MR) is 459 cm³/mol. The maximum Gasteiger partial charge on any atom is 0.221 e. The fourth-order valence-electron chi connectivity index (χ4n) is 11.8. The monoisotopic (exact) mass is 1620 g/mol. The van der Waals surface area contributed by atoms with Gasteiger partial charge in [0.1, 0.15) is 0 Å². The lowest BCUT2D eigenvalue weighted by Gasteiger charge is -2.28. The molecule has 0 radical (unpaired) electrons. The summed E-state index contributed by atoms with van der Waals surface area (Å²) in [5, 5.41) is 25.5. The number of nitrogens with zero attached hydrogens (tertiary/aromatic N) is 6. The van der Waals surface area contributed by atoms with Gasteiger partial charge < -0.3 is 114 Å². The molecular weight excluding hydrogens is 1490 g/mol. The molecule has 0 unspecified atom stereocenters. The van der Waals surface area contributed by atoms with Crippen LogP contribution in [0, 0.1) is 35.5 Å². The van der Waals surface area contributed by atoms with Gasteiger partial charge in [0, 0.05) is 327 Å². The van der Waals surface area contributed by atoms with Crippen LogP contribution in [0.1, 0.15) is 108 Å². The Kier molecular flexibility index (Phi) is 53.1. The minimum atomic E-state index is -0.137. The lowest BCUT2D eigenvalue weighted by molar-refractivity contribution is -0.123. The average molecular weight is 1620 g/mol. The molecule has 0 spiro atoms. The van der Waals surface area contributed by atoms with E-state index >= 15 is 0 Å². The molecule has 0 atom stereocenters. The van der Waals surface area contributed by atoms with E-state index in [0.29, 0.717) is 252 Å². The van der Waals surface area contributed by atoms with Crippen LogP contribution in [-0.4, -0.2) is 299 Å². The Balaban J connectivity index is 1.73. The number of benzene rings is 4. The van der Waals surface area contributed by atoms with Crippen molar-refractivity contribution in [1.82, 2.24) is 77.3 Å². The van der Waals surface area contributed by atoms with Crippen molar-refractivity contribution in [3.8, 4) is 35.5 Å². The molecule has 117 heavy (non-hydrogen) atoms. The van der Waals surface area contributed by atoms with Crippen LogP contribution in [0.5, 0.6) is 0 Å². The molecule has 0 aliphatic rings. The zero-order chi connectivity index (χ0) is 84.9. The van der Waals surface area contributed by atoms with Gasteiger partial charge >= 0.3 is 0 Å². The maximum absolute atomic E-state index is 12.9. The Morgan fingerprint density at radius 3 is 0.513 bits per heavy atom. The lowest BCUT2D eigenvalue weighted by Crippen LogP contribution is -2.40. The molecule has 33 nitrogen and oxygen atoms in total. The fraction of sp³-hybridized carbons (Fsp3) is 0.536. The largest absolute Gasteiger partial charge is 0.355 e. The van der Waals surface area contributed by atoms with Crippen molar-refractivity contribution in [2.75, 3.05) is 216 Å². The molecule has 0 aromatic heterocycles. The van der Waals surface area contributed by atoms with Crippen LogP contribution in [0.4, 0.5) is 0 Å². The topological polar surface area (TPSA) is 516 Å². The van der Waals surface area contributed by atoms with Crippen LogP contribution in [0.25, 0.3) is 0 Å². The molecule has 0 fully saturated rings. The van der Waals surface area contributed by atoms with Crippen molar-refractivity contribution in [2.24, 2.45) is 51.6 Å². The van der Waals surface area contributed by atoms with Crippen molar-refractivity contribution >= 4 is 53.2 Å². The second-order valence-electron chi connectivity index (χ2n) is 28.0. The van der Waals surface area contributed by atoms with Gasteiger partial charge in [0.05, 0.1) is 0 Å². The molecule has 0 saturated carbocycles. The number of hydrogen-bond acceptors (Lipinski definition) is 24. The van der Waals surface area contributed by atoms with E-state index in [1.54, 1.807) is 0 Å². The number of carbonyl (C=O) groups excluding carboxylic acids is 9. The molecule has 0 saturated heterocycles. The molecule has 0 bridgehead atoms. The summed E-state index contributed by atoms with van der Waals surface area (Å²) in [6.07, 6.45) is 2.01. The Morgan fingerprint density at radius 2 is 0.350 bits per heavy atom. The molecule has 0 heterocycles. The summed E-state index contributed by atoms with van der Waals surface area (Å²) in [6.45, 7) is 14.5. The molecular formula is C84H132N24O9. The quantitative estimate of drug-likeness (QED) is 0.0185. The smallest absolute Gasteiger partial charge is 0.221 e. The van der Waals surface area contributed by atoms with Gasteiger partial charge in [-0.05, 0) is 71.3 Å². The first-order valence-electron chi connectivity index (χ1n) is 40.8. The van der Waals surface area contributed by atoms with E-state index in [1.165, 1.54) is 0 Å². The Labute approximate surface area is 692 Å². The van der Waals surface area contributed by atoms with Crippen LogP contribution in [0.2, 0.25) is 0 Å². The third-order valence-electron chi connectivity index (χ3n) is 18.4. The van der Waals surface area contributed by atoms with Crippen LogP contribution in [-0.2, 0) is 62.8 Å². The fourth-order valence-corrected chi connectivity index (χ4v) is 11.8. The van der Waals surface area contributed by atoms with Crippen LogP contribution in [0.3, 0.4) is 0 Å². The Bertz CT molecular complexity index is 3310. The third kappa shape index (κ3) is 47.9. The maximum atomic E-state index is 12.9. The van der Waals surface area contributed by atoms with Gasteiger partial charge in [-0.25, -0.2) is 0 Å². The summed E-state index contributed by atoms with van der Waals surface area (Å²) in [6, 6.07) is 29.5. The highest BCUT2D eigenvalue weighted by atomic mass is 16.2. The number of carbonyl (C=O) groups is 9. The van der Waals surface area contributed by atoms with Crippen molar-refractivity contribution < 1.29 is 43.2 Å². The summed E-state index contributed by atoms with van der Waals surface area (Å²) in [7, 11) is 0. The van der Waals surface area contributed by atoms with Crippen molar-refractivity contribution in [3.05, 3.63) is 141 Å². The second kappa shape index (κ2) is 62.4. The van der Waals surface area contributed by atoms with Gasteiger partial charge in [0.25, 0.3) is 0 Å². The summed E-state index contributed by atoms with van der Waals surface area (Å²) < 4.78 is 0. The summed E-state index contributed by atoms with van der Waals surface area (Å²) >= 11 is 0. The first-order valence-corrected chi connectivity index (χ1v) is 40.8. The van der Waals surface area contributed by atoms with E-state index < -0.39 is 0 Å². The van der Waals surface area contributed by atoms with Crippen LogP contribution >= 0.6 is 0 Å². The molecule has 4 aromatic rings. The summed E-state index contributed by atoms with van der Waals surface area (Å²) in [5.74, 6) is 19.0. The Hall–Kier alpha value is -9.81. The van der Waals surface area contributed by atoms with Gasteiger partial charge in [0.2, 0.25) is 53.2 Å². The number of amides is 9. The van der Waals surface area contributed by atoms with Gasteiger partial charge in [-0.15, -0.1) is 0 Å². The van der Waals surface area contributed by atoms with Gasteiger partial charge in [-0.2, -0.15) is 0 Å². The predicted octanol–water partition coefficient (Wildman–Crippen LogP) is -4.62. The molecule has 0 aliphatic heterocycles. The second-order valence-corrected chi connectivity index (χ2v) is 28.0. The van der Waals surface area contributed by atoms with Crippen molar-refractivity contribution in [3.63, 3.8) is 0 Å². The highest BCUT2D eigenvalue weighted by Gasteiger charge is 2.20. The normalized spacial score (nSPS) is 11.0. The molecule has 27 N–H and O–H groups in total. The Morgan fingerprint density at radius 1 is 0.205 bits per heavy atom. The van der Waals surface area contributed by atoms with Crippen LogP contribution in [0.15, 0.2) is 91.0 Å². The van der Waals surface area contributed by atoms with Crippen molar-refractivity contribution in [2.45, 2.75) is 77.4 Å². The zero-order valence-electron chi connectivity index (χ0n) is 68.5. The zero-order valence-corrected chi connectivity index (χ0v) is 68.5. The van der Waals surface area contributed by atoms with E-state index in [2.05, 4.69) is 113 Å². The standard InChI is InChI=1S/C84H132N24O9/c85-28-37-94-76(109)19-46-103(47-20-77(110)95-38-29-86)55-58-106(52-25-82(115)100-43-34-91)64-70-10-1-67(2-11-70)7-16-73-61-74(17-8-68-3-12-71(13-4-68)65-107(53-26-83(116)101-44-35-92)59-56-104(48-21-78(111)96-39-30-87)49-22-79(112)97-40-31-88)63-75(62-73)18-9-69-5-14-72(15-6-69)66-108(54-27-84(117)102-45-36-93)60-57-105(50-23-80(113)98-41-32-89)51-24-81(114)99-42-33-90/h1-6,10-15,61-63H,19-60,64-66,85-93H2,(H,94,109)(H,95,110)(H,96,111)(H,97,112)(H,98,113)(H,99,114)(H,100,115)(H,101,116)(H,102,117). The van der Waals surface area contributed by atoms with Crippen molar-refractivity contribution in [1.29, 1.82) is 0 Å². The van der Waals surface area contributed by atoms with E-state index in [-0.39, 0.29) is 111 Å². The SMILES string of the molecule is NCCNC(=O)CCN(CCC(=O)NCCN)CCN(CCC(=O)NCCN)Cc1ccc(C#Cc2cc(C#Cc3ccc(CN(CCC(=O)NCCN)CCN(CCC(=O)NCCN)CCC(=O)NCCN)cc3)cc(C#Cc3ccc(CN(CCC(=O)NCCN)CCN(CCC(=O)NCCN)CCC(=O)NCCN)cc3)c2)cc1. The first-order chi connectivity index (χ1) is 56.8. The number of nitrogens with one attached hydrogen (secondary N) is 9. The van der Waals surface area contributed by atoms with Gasteiger partial charge in [0.15, 0.2) is 0 Å². The van der Waals surface area contributed by atoms with E-state index in [0.717, 1.165) is 33.4 Å².